The lowest BCUT2D eigenvalue weighted by molar-refractivity contribution is 0.0931. The van der Waals surface area contributed by atoms with Crippen molar-refractivity contribution in [1.29, 1.82) is 0 Å². The van der Waals surface area contributed by atoms with Crippen molar-refractivity contribution in [2.75, 3.05) is 18.0 Å². The zero-order chi connectivity index (χ0) is 21.1. The smallest absolute Gasteiger partial charge is 0.294 e. The maximum absolute atomic E-state index is 14.2. The number of anilines is 1. The monoisotopic (exact) mass is 410 g/mol. The SMILES string of the molecule is Cc1ccc(N(C(=O)c2ccco2)C2CCN(Cc3ccccc3F)CC2)cc1F. The van der Waals surface area contributed by atoms with Gasteiger partial charge in [-0.05, 0) is 55.7 Å². The van der Waals surface area contributed by atoms with Crippen LogP contribution in [0.4, 0.5) is 14.5 Å². The van der Waals surface area contributed by atoms with E-state index in [1.807, 2.05) is 6.07 Å². The highest BCUT2D eigenvalue weighted by molar-refractivity contribution is 6.04. The van der Waals surface area contributed by atoms with Crippen LogP contribution in [0, 0.1) is 18.6 Å². The molecule has 1 saturated heterocycles. The molecule has 1 fully saturated rings. The van der Waals surface area contributed by atoms with Crippen molar-refractivity contribution >= 4 is 11.6 Å². The van der Waals surface area contributed by atoms with E-state index in [9.17, 15) is 13.6 Å². The van der Waals surface area contributed by atoms with Gasteiger partial charge in [0.05, 0.1) is 6.26 Å². The van der Waals surface area contributed by atoms with E-state index in [0.717, 1.165) is 13.1 Å². The number of benzene rings is 2. The summed E-state index contributed by atoms with van der Waals surface area (Å²) < 4.78 is 33.5. The van der Waals surface area contributed by atoms with Gasteiger partial charge >= 0.3 is 0 Å². The average molecular weight is 410 g/mol. The van der Waals surface area contributed by atoms with Crippen LogP contribution in [0.1, 0.15) is 34.5 Å². The van der Waals surface area contributed by atoms with Gasteiger partial charge in [-0.3, -0.25) is 9.69 Å². The molecule has 0 aliphatic carbocycles. The third-order valence-electron chi connectivity index (χ3n) is 5.66. The van der Waals surface area contributed by atoms with Crippen molar-refractivity contribution in [2.45, 2.75) is 32.4 Å². The fraction of sp³-hybridized carbons (Fsp3) is 0.292. The van der Waals surface area contributed by atoms with Gasteiger partial charge in [0.15, 0.2) is 5.76 Å². The lowest BCUT2D eigenvalue weighted by atomic mass is 10.0. The van der Waals surface area contributed by atoms with E-state index in [4.69, 9.17) is 4.42 Å². The number of piperidine rings is 1. The zero-order valence-electron chi connectivity index (χ0n) is 16.9. The number of furan rings is 1. The van der Waals surface area contributed by atoms with Crippen molar-refractivity contribution in [3.05, 3.63) is 89.4 Å². The average Bonchev–Trinajstić information content (AvgIpc) is 3.29. The summed E-state index contributed by atoms with van der Waals surface area (Å²) in [4.78, 5) is 17.0. The van der Waals surface area contributed by atoms with Crippen LogP contribution in [0.2, 0.25) is 0 Å². The molecule has 2 heterocycles. The predicted molar refractivity (Wildman–Crippen MR) is 111 cm³/mol. The zero-order valence-corrected chi connectivity index (χ0v) is 16.9. The molecule has 2 aromatic carbocycles. The first-order chi connectivity index (χ1) is 14.5. The summed E-state index contributed by atoms with van der Waals surface area (Å²) in [7, 11) is 0. The fourth-order valence-corrected chi connectivity index (χ4v) is 3.95. The highest BCUT2D eigenvalue weighted by atomic mass is 19.1. The van der Waals surface area contributed by atoms with Gasteiger partial charge in [-0.25, -0.2) is 8.78 Å². The Balaban J connectivity index is 1.52. The molecule has 1 aromatic heterocycles. The molecule has 4 nitrogen and oxygen atoms in total. The first-order valence-electron chi connectivity index (χ1n) is 10.1. The molecule has 0 saturated carbocycles. The molecule has 0 unspecified atom stereocenters. The second kappa shape index (κ2) is 8.79. The van der Waals surface area contributed by atoms with Crippen molar-refractivity contribution in [3.8, 4) is 0 Å². The van der Waals surface area contributed by atoms with Gasteiger partial charge in [0.25, 0.3) is 5.91 Å². The third kappa shape index (κ3) is 4.28. The van der Waals surface area contributed by atoms with Gasteiger partial charge < -0.3 is 9.32 Å². The van der Waals surface area contributed by atoms with E-state index in [0.29, 0.717) is 36.2 Å². The van der Waals surface area contributed by atoms with E-state index in [1.54, 1.807) is 48.2 Å². The Morgan fingerprint density at radius 3 is 2.50 bits per heavy atom. The molecule has 0 atom stereocenters. The van der Waals surface area contributed by atoms with E-state index >= 15 is 0 Å². The maximum atomic E-state index is 14.2. The van der Waals surface area contributed by atoms with Crippen LogP contribution in [0.5, 0.6) is 0 Å². The minimum absolute atomic E-state index is 0.0958. The molecule has 3 aromatic rings. The Morgan fingerprint density at radius 2 is 1.83 bits per heavy atom. The lowest BCUT2D eigenvalue weighted by Gasteiger charge is -2.38. The van der Waals surface area contributed by atoms with Crippen molar-refractivity contribution in [3.63, 3.8) is 0 Å². The number of carbonyl (C=O) groups is 1. The second-order valence-corrected chi connectivity index (χ2v) is 7.68. The maximum Gasteiger partial charge on any atom is 0.294 e. The summed E-state index contributed by atoms with van der Waals surface area (Å²) in [6.07, 6.45) is 2.87. The van der Waals surface area contributed by atoms with Crippen LogP contribution in [-0.4, -0.2) is 29.9 Å². The largest absolute Gasteiger partial charge is 0.459 e. The molecule has 1 aliphatic heterocycles. The van der Waals surface area contributed by atoms with Gasteiger partial charge in [-0.1, -0.05) is 24.3 Å². The summed E-state index contributed by atoms with van der Waals surface area (Å²) in [6, 6.07) is 14.8. The highest BCUT2D eigenvalue weighted by Crippen LogP contribution is 2.28. The summed E-state index contributed by atoms with van der Waals surface area (Å²) in [5.74, 6) is -0.605. The van der Waals surface area contributed by atoms with Gasteiger partial charge in [0.1, 0.15) is 11.6 Å². The molecule has 0 radical (unpaired) electrons. The number of amides is 1. The van der Waals surface area contributed by atoms with Gasteiger partial charge in [-0.2, -0.15) is 0 Å². The lowest BCUT2D eigenvalue weighted by Crippen LogP contribution is -2.47. The van der Waals surface area contributed by atoms with Crippen LogP contribution in [0.15, 0.2) is 65.3 Å². The number of hydrogen-bond acceptors (Lipinski definition) is 3. The minimum Gasteiger partial charge on any atom is -0.459 e. The number of nitrogens with zero attached hydrogens (tertiary/aromatic N) is 2. The molecule has 30 heavy (non-hydrogen) atoms. The molecular formula is C24H24F2N2O2. The minimum atomic E-state index is -0.346. The Kier molecular flexibility index (Phi) is 5.95. The topological polar surface area (TPSA) is 36.7 Å². The molecule has 0 N–H and O–H groups in total. The first-order valence-corrected chi connectivity index (χ1v) is 10.1. The summed E-state index contributed by atoms with van der Waals surface area (Å²) in [5.41, 5.74) is 1.72. The molecule has 4 rings (SSSR count). The van der Waals surface area contributed by atoms with Crippen LogP contribution in [0.3, 0.4) is 0 Å². The number of likely N-dealkylation sites (tertiary alicyclic amines) is 1. The molecular weight excluding hydrogens is 386 g/mol. The Bertz CT molecular complexity index is 1010. The van der Waals surface area contributed by atoms with Crippen LogP contribution in [0.25, 0.3) is 0 Å². The quantitative estimate of drug-likeness (QED) is 0.582. The van der Waals surface area contributed by atoms with E-state index in [-0.39, 0.29) is 29.3 Å². The molecule has 0 spiro atoms. The molecule has 156 valence electrons. The van der Waals surface area contributed by atoms with Crippen LogP contribution < -0.4 is 4.90 Å². The van der Waals surface area contributed by atoms with Gasteiger partial charge in [0.2, 0.25) is 0 Å². The predicted octanol–water partition coefficient (Wildman–Crippen LogP) is 5.18. The standard InChI is InChI=1S/C24H24F2N2O2/c1-17-8-9-20(15-22(17)26)28(24(29)23-7-4-14-30-23)19-10-12-27(13-11-19)16-18-5-2-3-6-21(18)25/h2-9,14-15,19H,10-13,16H2,1H3. The fourth-order valence-electron chi connectivity index (χ4n) is 3.95. The Labute approximate surface area is 174 Å². The number of hydrogen-bond donors (Lipinski definition) is 0. The summed E-state index contributed by atoms with van der Waals surface area (Å²) >= 11 is 0. The van der Waals surface area contributed by atoms with Gasteiger partial charge in [-0.15, -0.1) is 0 Å². The van der Waals surface area contributed by atoms with E-state index < -0.39 is 0 Å². The number of halogens is 2. The number of carbonyl (C=O) groups excluding carboxylic acids is 1. The Morgan fingerprint density at radius 1 is 1.07 bits per heavy atom. The van der Waals surface area contributed by atoms with Crippen molar-refractivity contribution in [2.24, 2.45) is 0 Å². The number of aryl methyl sites for hydroxylation is 1. The highest BCUT2D eigenvalue weighted by Gasteiger charge is 2.31. The van der Waals surface area contributed by atoms with E-state index in [1.165, 1.54) is 18.4 Å². The molecule has 1 aliphatic rings. The third-order valence-corrected chi connectivity index (χ3v) is 5.66. The second-order valence-electron chi connectivity index (χ2n) is 7.68. The molecule has 1 amide bonds. The van der Waals surface area contributed by atoms with Crippen LogP contribution in [-0.2, 0) is 6.54 Å². The van der Waals surface area contributed by atoms with Crippen molar-refractivity contribution < 1.29 is 18.0 Å². The first kappa shape index (κ1) is 20.3. The molecule has 0 bridgehead atoms. The summed E-state index contributed by atoms with van der Waals surface area (Å²) in [5, 5.41) is 0. The summed E-state index contributed by atoms with van der Waals surface area (Å²) in [6.45, 7) is 3.66. The van der Waals surface area contributed by atoms with Crippen LogP contribution >= 0.6 is 0 Å². The van der Waals surface area contributed by atoms with Gasteiger partial charge in [0, 0.05) is 36.9 Å². The molecule has 6 heteroatoms. The Hall–Kier alpha value is -2.99. The van der Waals surface area contributed by atoms with Crippen molar-refractivity contribution in [1.82, 2.24) is 4.90 Å². The number of rotatable bonds is 5. The van der Waals surface area contributed by atoms with E-state index in [2.05, 4.69) is 4.90 Å². The normalized spacial score (nSPS) is 15.3.